The van der Waals surface area contributed by atoms with Gasteiger partial charge in [0.05, 0.1) is 6.54 Å². The number of aliphatic imine (C=N–C) groups is 1. The van der Waals surface area contributed by atoms with E-state index in [0.717, 1.165) is 51.8 Å². The van der Waals surface area contributed by atoms with E-state index in [2.05, 4.69) is 41.3 Å². The first kappa shape index (κ1) is 25.9. The minimum absolute atomic E-state index is 0. The highest BCUT2D eigenvalue weighted by Crippen LogP contribution is 2.12. The lowest BCUT2D eigenvalue weighted by Crippen LogP contribution is -2.46. The Bertz CT molecular complexity index is 593. The Morgan fingerprint density at radius 1 is 1.14 bits per heavy atom. The highest BCUT2D eigenvalue weighted by atomic mass is 127. The fraction of sp³-hybridized carbons (Fsp3) is 0.667. The minimum atomic E-state index is -0.259. The molecule has 1 saturated heterocycles. The van der Waals surface area contributed by atoms with Crippen LogP contribution in [0, 0.1) is 11.7 Å². The van der Waals surface area contributed by atoms with Gasteiger partial charge in [0.1, 0.15) is 17.7 Å². The molecule has 2 atom stereocenters. The predicted molar refractivity (Wildman–Crippen MR) is 129 cm³/mol. The molecule has 1 fully saturated rings. The van der Waals surface area contributed by atoms with Crippen LogP contribution in [0.5, 0.6) is 5.75 Å². The van der Waals surface area contributed by atoms with Gasteiger partial charge in [-0.2, -0.15) is 0 Å². The van der Waals surface area contributed by atoms with Crippen LogP contribution in [-0.2, 0) is 0 Å². The molecule has 0 aromatic heterocycles. The first-order valence-electron chi connectivity index (χ1n) is 10.3. The molecular formula is C21H37FIN5O. The Morgan fingerprint density at radius 3 is 2.41 bits per heavy atom. The van der Waals surface area contributed by atoms with Crippen LogP contribution in [0.1, 0.15) is 20.8 Å². The highest BCUT2D eigenvalue weighted by Gasteiger charge is 2.16. The van der Waals surface area contributed by atoms with Crippen molar-refractivity contribution in [3.8, 4) is 5.75 Å². The van der Waals surface area contributed by atoms with Crippen LogP contribution in [0.2, 0.25) is 0 Å². The van der Waals surface area contributed by atoms with Crippen LogP contribution in [-0.4, -0.2) is 81.3 Å². The van der Waals surface area contributed by atoms with Gasteiger partial charge in [0.2, 0.25) is 0 Å². The van der Waals surface area contributed by atoms with E-state index in [1.807, 2.05) is 6.92 Å². The van der Waals surface area contributed by atoms with Crippen molar-refractivity contribution in [3.63, 3.8) is 0 Å². The van der Waals surface area contributed by atoms with Crippen LogP contribution >= 0.6 is 24.0 Å². The Morgan fingerprint density at radius 2 is 1.79 bits per heavy atom. The summed E-state index contributed by atoms with van der Waals surface area (Å²) in [6.45, 7) is 14.2. The number of ether oxygens (including phenoxy) is 1. The maximum absolute atomic E-state index is 13.0. The molecule has 0 aliphatic carbocycles. The zero-order valence-corrected chi connectivity index (χ0v) is 20.5. The van der Waals surface area contributed by atoms with Crippen LogP contribution in [0.15, 0.2) is 29.3 Å². The van der Waals surface area contributed by atoms with Gasteiger partial charge in [-0.15, -0.1) is 24.0 Å². The molecule has 2 N–H and O–H groups in total. The Kier molecular flexibility index (Phi) is 12.5. The predicted octanol–water partition coefficient (Wildman–Crippen LogP) is 2.65. The molecular weight excluding hydrogens is 484 g/mol. The van der Waals surface area contributed by atoms with E-state index in [0.29, 0.717) is 18.2 Å². The molecule has 0 amide bonds. The Balaban J connectivity index is 0.00000420. The second-order valence-corrected chi connectivity index (χ2v) is 7.69. The summed E-state index contributed by atoms with van der Waals surface area (Å²) in [5.74, 6) is 1.72. The van der Waals surface area contributed by atoms with Gasteiger partial charge < -0.3 is 25.2 Å². The van der Waals surface area contributed by atoms with Crippen molar-refractivity contribution in [2.75, 3.05) is 59.4 Å². The maximum Gasteiger partial charge on any atom is 0.191 e. The lowest BCUT2D eigenvalue weighted by Gasteiger charge is -2.33. The van der Waals surface area contributed by atoms with Crippen molar-refractivity contribution < 1.29 is 9.13 Å². The van der Waals surface area contributed by atoms with Gasteiger partial charge in [0, 0.05) is 45.8 Å². The number of hydrogen-bond acceptors (Lipinski definition) is 4. The first-order chi connectivity index (χ1) is 13.5. The van der Waals surface area contributed by atoms with Gasteiger partial charge in [0.15, 0.2) is 5.96 Å². The molecule has 1 aromatic carbocycles. The molecule has 0 saturated carbocycles. The summed E-state index contributed by atoms with van der Waals surface area (Å²) in [7, 11) is 2.18. The Hall–Kier alpha value is -1.13. The van der Waals surface area contributed by atoms with Crippen molar-refractivity contribution in [3.05, 3.63) is 30.1 Å². The molecule has 0 radical (unpaired) electrons. The number of hydrogen-bond donors (Lipinski definition) is 2. The van der Waals surface area contributed by atoms with Crippen molar-refractivity contribution in [1.82, 2.24) is 20.4 Å². The van der Waals surface area contributed by atoms with Gasteiger partial charge in [-0.1, -0.05) is 6.92 Å². The number of rotatable bonds is 9. The van der Waals surface area contributed by atoms with Crippen molar-refractivity contribution in [1.29, 1.82) is 0 Å². The number of halogens is 2. The minimum Gasteiger partial charge on any atom is -0.489 e. The lowest BCUT2D eigenvalue weighted by molar-refractivity contribution is 0.140. The summed E-state index contributed by atoms with van der Waals surface area (Å²) < 4.78 is 18.8. The number of guanidine groups is 1. The molecule has 2 unspecified atom stereocenters. The fourth-order valence-corrected chi connectivity index (χ4v) is 3.15. The molecule has 29 heavy (non-hydrogen) atoms. The molecule has 1 aliphatic rings. The third-order valence-corrected chi connectivity index (χ3v) is 4.78. The quantitative estimate of drug-likeness (QED) is 0.298. The summed E-state index contributed by atoms with van der Waals surface area (Å²) >= 11 is 0. The molecule has 8 heteroatoms. The van der Waals surface area contributed by atoms with E-state index in [9.17, 15) is 4.39 Å². The third-order valence-electron chi connectivity index (χ3n) is 4.78. The fourth-order valence-electron chi connectivity index (χ4n) is 3.15. The second kappa shape index (κ2) is 14.0. The molecule has 1 heterocycles. The number of piperazine rings is 1. The van der Waals surface area contributed by atoms with Gasteiger partial charge in [-0.25, -0.2) is 4.39 Å². The average Bonchev–Trinajstić information content (AvgIpc) is 2.67. The molecule has 1 aliphatic heterocycles. The summed E-state index contributed by atoms with van der Waals surface area (Å²) in [5, 5.41) is 6.62. The van der Waals surface area contributed by atoms with E-state index < -0.39 is 0 Å². The van der Waals surface area contributed by atoms with Crippen LogP contribution in [0.25, 0.3) is 0 Å². The average molecular weight is 521 g/mol. The molecule has 166 valence electrons. The van der Waals surface area contributed by atoms with E-state index in [-0.39, 0.29) is 35.9 Å². The van der Waals surface area contributed by atoms with Gasteiger partial charge in [-0.3, -0.25) is 4.99 Å². The van der Waals surface area contributed by atoms with E-state index in [1.165, 1.54) is 12.1 Å². The standard InChI is InChI=1S/C21H36FN5O.HI/c1-5-23-21(24-14-17(2)16-27-12-10-26(4)11-13-27)25-15-18(3)28-20-8-6-19(22)7-9-20;/h6-9,17-18H,5,10-16H2,1-4H3,(H2,23,24,25);1H. The molecule has 0 spiro atoms. The molecule has 1 aromatic rings. The second-order valence-electron chi connectivity index (χ2n) is 7.69. The Labute approximate surface area is 192 Å². The molecule has 0 bridgehead atoms. The first-order valence-corrected chi connectivity index (χ1v) is 10.3. The summed E-state index contributed by atoms with van der Waals surface area (Å²) in [4.78, 5) is 9.64. The number of likely N-dealkylation sites (N-methyl/N-ethyl adjacent to an activating group) is 1. The van der Waals surface area contributed by atoms with E-state index in [4.69, 9.17) is 9.73 Å². The smallest absolute Gasteiger partial charge is 0.191 e. The SMILES string of the molecule is CCNC(=NCC(C)CN1CCN(C)CC1)NCC(C)Oc1ccc(F)cc1.I. The zero-order valence-electron chi connectivity index (χ0n) is 18.2. The third kappa shape index (κ3) is 10.5. The molecule has 2 rings (SSSR count). The van der Waals surface area contributed by atoms with Gasteiger partial charge in [-0.05, 0) is 51.1 Å². The van der Waals surface area contributed by atoms with Crippen molar-refractivity contribution in [2.45, 2.75) is 26.9 Å². The zero-order chi connectivity index (χ0) is 20.4. The summed E-state index contributed by atoms with van der Waals surface area (Å²) in [6, 6.07) is 6.10. The largest absolute Gasteiger partial charge is 0.489 e. The van der Waals surface area contributed by atoms with Crippen molar-refractivity contribution in [2.24, 2.45) is 10.9 Å². The van der Waals surface area contributed by atoms with Crippen LogP contribution in [0.4, 0.5) is 4.39 Å². The summed E-state index contributed by atoms with van der Waals surface area (Å²) in [5.41, 5.74) is 0. The topological polar surface area (TPSA) is 52.1 Å². The monoisotopic (exact) mass is 521 g/mol. The van der Waals surface area contributed by atoms with Crippen molar-refractivity contribution >= 4 is 29.9 Å². The number of nitrogens with zero attached hydrogens (tertiary/aromatic N) is 3. The van der Waals surface area contributed by atoms with Gasteiger partial charge >= 0.3 is 0 Å². The molecule has 6 nitrogen and oxygen atoms in total. The summed E-state index contributed by atoms with van der Waals surface area (Å²) in [6.07, 6.45) is -0.0583. The number of nitrogens with one attached hydrogen (secondary N) is 2. The van der Waals surface area contributed by atoms with E-state index >= 15 is 0 Å². The van der Waals surface area contributed by atoms with Crippen LogP contribution < -0.4 is 15.4 Å². The lowest BCUT2D eigenvalue weighted by atomic mass is 10.1. The van der Waals surface area contributed by atoms with Crippen LogP contribution in [0.3, 0.4) is 0 Å². The number of benzene rings is 1. The van der Waals surface area contributed by atoms with E-state index in [1.54, 1.807) is 12.1 Å². The highest BCUT2D eigenvalue weighted by molar-refractivity contribution is 14.0. The van der Waals surface area contributed by atoms with Gasteiger partial charge in [0.25, 0.3) is 0 Å². The normalized spacial score (nSPS) is 17.9. The maximum atomic E-state index is 13.0.